The summed E-state index contributed by atoms with van der Waals surface area (Å²) in [6.45, 7) is 0. The highest BCUT2D eigenvalue weighted by Crippen LogP contribution is 2.44. The van der Waals surface area contributed by atoms with Crippen LogP contribution in [-0.4, -0.2) is 9.97 Å². The minimum atomic E-state index is 0.931. The molecule has 0 saturated heterocycles. The second-order valence-electron chi connectivity index (χ2n) is 17.6. The average Bonchev–Trinajstić information content (AvgIpc) is 3.40. The van der Waals surface area contributed by atoms with Crippen LogP contribution in [0.5, 0.6) is 0 Å². The first-order valence-electron chi connectivity index (χ1n) is 22.7. The highest BCUT2D eigenvalue weighted by atomic mass is 14.7. The third-order valence-electron chi connectivity index (χ3n) is 14.0. The van der Waals surface area contributed by atoms with Gasteiger partial charge in [-0.3, -0.25) is 0 Å². The number of fused-ring (bicyclic) bond motifs is 16. The minimum absolute atomic E-state index is 0.931. The van der Waals surface area contributed by atoms with Crippen LogP contribution in [0.25, 0.3) is 142 Å². The van der Waals surface area contributed by atoms with Gasteiger partial charge in [0, 0.05) is 27.3 Å². The summed E-state index contributed by atoms with van der Waals surface area (Å²) in [6.07, 6.45) is 0. The number of aromatic nitrogens is 2. The van der Waals surface area contributed by atoms with E-state index in [0.29, 0.717) is 0 Å². The molecule has 0 atom stereocenters. The molecule has 0 spiro atoms. The van der Waals surface area contributed by atoms with Crippen molar-refractivity contribution in [2.24, 2.45) is 0 Å². The molecular weight excluding hydrogens is 797 g/mol. The fourth-order valence-electron chi connectivity index (χ4n) is 10.9. The molecule has 0 radical (unpaired) electrons. The maximum Gasteiger partial charge on any atom is 0.0794 e. The lowest BCUT2D eigenvalue weighted by Crippen LogP contribution is -1.94. The van der Waals surface area contributed by atoms with Gasteiger partial charge in [-0.15, -0.1) is 0 Å². The molecule has 14 rings (SSSR count). The molecular formula is C64H38N2. The Labute approximate surface area is 380 Å². The molecule has 2 heterocycles. The van der Waals surface area contributed by atoms with E-state index in [4.69, 9.17) is 9.97 Å². The van der Waals surface area contributed by atoms with Crippen LogP contribution in [0.4, 0.5) is 0 Å². The van der Waals surface area contributed by atoms with Crippen LogP contribution in [0.1, 0.15) is 0 Å². The molecule has 2 nitrogen and oxygen atoms in total. The Kier molecular flexibility index (Phi) is 8.02. The van der Waals surface area contributed by atoms with Crippen molar-refractivity contribution >= 4 is 97.2 Å². The second-order valence-corrected chi connectivity index (χ2v) is 17.6. The molecule has 0 bridgehead atoms. The predicted molar refractivity (Wildman–Crippen MR) is 281 cm³/mol. The van der Waals surface area contributed by atoms with Gasteiger partial charge in [-0.05, 0) is 129 Å². The Morgan fingerprint density at radius 3 is 1.14 bits per heavy atom. The topological polar surface area (TPSA) is 25.8 Å². The zero-order valence-corrected chi connectivity index (χ0v) is 35.8. The molecule has 12 aromatic carbocycles. The predicted octanol–water partition coefficient (Wildman–Crippen LogP) is 17.5. The van der Waals surface area contributed by atoms with E-state index in [-0.39, 0.29) is 0 Å². The summed E-state index contributed by atoms with van der Waals surface area (Å²) in [6, 6.07) is 84.3. The maximum atomic E-state index is 5.60. The van der Waals surface area contributed by atoms with Crippen LogP contribution < -0.4 is 0 Å². The molecule has 0 aliphatic heterocycles. The van der Waals surface area contributed by atoms with Crippen LogP contribution in [0.15, 0.2) is 231 Å². The molecule has 0 amide bonds. The molecule has 0 aliphatic carbocycles. The van der Waals surface area contributed by atoms with Gasteiger partial charge in [-0.1, -0.05) is 194 Å². The van der Waals surface area contributed by atoms with E-state index in [1.807, 2.05) is 6.07 Å². The van der Waals surface area contributed by atoms with Gasteiger partial charge in [0.05, 0.1) is 22.4 Å². The number of hydrogen-bond acceptors (Lipinski definition) is 2. The van der Waals surface area contributed by atoms with E-state index in [0.717, 1.165) is 60.8 Å². The number of pyridine rings is 2. The van der Waals surface area contributed by atoms with Crippen LogP contribution in [0.2, 0.25) is 0 Å². The molecule has 304 valence electrons. The van der Waals surface area contributed by atoms with Crippen molar-refractivity contribution in [3.8, 4) is 44.8 Å². The average molecular weight is 835 g/mol. The van der Waals surface area contributed by atoms with Gasteiger partial charge in [0.2, 0.25) is 0 Å². The first-order chi connectivity index (χ1) is 32.7. The van der Waals surface area contributed by atoms with Crippen LogP contribution in [0, 0.1) is 0 Å². The standard InChI is InChI=1S/C64H38N2/c1-12-24-61-39(13-1)31-34-62(65-61)40-25-27-41(28-26-40)63-38-57(43-30-33-54-49-19-5-3-15-45(49)47-17-7-9-21-51(47)59(54)36-43)60-37-56(52-22-10-11-23-55(52)64(60)66-63)42-29-32-53-48-18-4-2-14-44(48)46-16-6-8-20-50(46)58(53)35-42/h1-38H. The number of hydrogen-bond donors (Lipinski definition) is 0. The zero-order chi connectivity index (χ0) is 43.3. The van der Waals surface area contributed by atoms with Crippen molar-refractivity contribution in [1.29, 1.82) is 0 Å². The molecule has 0 aliphatic rings. The Bertz CT molecular complexity index is 4270. The summed E-state index contributed by atoms with van der Waals surface area (Å²) in [5.41, 5.74) is 10.7. The Morgan fingerprint density at radius 1 is 0.212 bits per heavy atom. The van der Waals surface area contributed by atoms with Crippen LogP contribution >= 0.6 is 0 Å². The lowest BCUT2D eigenvalue weighted by atomic mass is 9.88. The van der Waals surface area contributed by atoms with Crippen LogP contribution in [0.3, 0.4) is 0 Å². The van der Waals surface area contributed by atoms with Crippen LogP contribution in [-0.2, 0) is 0 Å². The molecule has 2 aromatic heterocycles. The number of nitrogens with zero attached hydrogens (tertiary/aromatic N) is 2. The summed E-state index contributed by atoms with van der Waals surface area (Å²) in [4.78, 5) is 10.6. The van der Waals surface area contributed by atoms with Crippen molar-refractivity contribution < 1.29 is 0 Å². The van der Waals surface area contributed by atoms with Crippen molar-refractivity contribution in [3.63, 3.8) is 0 Å². The fraction of sp³-hybridized carbons (Fsp3) is 0. The van der Waals surface area contributed by atoms with E-state index >= 15 is 0 Å². The summed E-state index contributed by atoms with van der Waals surface area (Å²) < 4.78 is 0. The maximum absolute atomic E-state index is 5.60. The van der Waals surface area contributed by atoms with Crippen molar-refractivity contribution in [2.45, 2.75) is 0 Å². The number of para-hydroxylation sites is 1. The molecule has 14 aromatic rings. The first-order valence-corrected chi connectivity index (χ1v) is 22.7. The second kappa shape index (κ2) is 14.4. The highest BCUT2D eigenvalue weighted by molar-refractivity contribution is 6.28. The van der Waals surface area contributed by atoms with Gasteiger partial charge in [0.25, 0.3) is 0 Å². The summed E-state index contributed by atoms with van der Waals surface area (Å²) in [5, 5.41) is 19.8. The molecule has 0 N–H and O–H groups in total. The highest BCUT2D eigenvalue weighted by Gasteiger charge is 2.19. The van der Waals surface area contributed by atoms with Gasteiger partial charge in [-0.25, -0.2) is 9.97 Å². The monoisotopic (exact) mass is 834 g/mol. The molecule has 2 heteroatoms. The largest absolute Gasteiger partial charge is 0.248 e. The first kappa shape index (κ1) is 36.7. The summed E-state index contributed by atoms with van der Waals surface area (Å²) in [7, 11) is 0. The third-order valence-corrected chi connectivity index (χ3v) is 14.0. The normalized spacial score (nSPS) is 11.9. The minimum Gasteiger partial charge on any atom is -0.248 e. The van der Waals surface area contributed by atoms with E-state index in [9.17, 15) is 0 Å². The Balaban J connectivity index is 1.03. The van der Waals surface area contributed by atoms with Gasteiger partial charge < -0.3 is 0 Å². The van der Waals surface area contributed by atoms with Gasteiger partial charge in [0.15, 0.2) is 0 Å². The summed E-state index contributed by atoms with van der Waals surface area (Å²) in [5.74, 6) is 0. The smallest absolute Gasteiger partial charge is 0.0794 e. The Hall–Kier alpha value is -8.72. The molecule has 0 unspecified atom stereocenters. The van der Waals surface area contributed by atoms with E-state index < -0.39 is 0 Å². The van der Waals surface area contributed by atoms with Gasteiger partial charge in [0.1, 0.15) is 0 Å². The number of rotatable bonds is 4. The Morgan fingerprint density at radius 2 is 0.606 bits per heavy atom. The third kappa shape index (κ3) is 5.62. The van der Waals surface area contributed by atoms with Gasteiger partial charge >= 0.3 is 0 Å². The van der Waals surface area contributed by atoms with Gasteiger partial charge in [-0.2, -0.15) is 0 Å². The zero-order valence-electron chi connectivity index (χ0n) is 35.8. The van der Waals surface area contributed by atoms with E-state index in [1.54, 1.807) is 0 Å². The van der Waals surface area contributed by atoms with Crippen molar-refractivity contribution in [2.75, 3.05) is 0 Å². The molecule has 0 saturated carbocycles. The molecule has 66 heavy (non-hydrogen) atoms. The van der Waals surface area contributed by atoms with E-state index in [2.05, 4.69) is 224 Å². The molecule has 0 fully saturated rings. The van der Waals surface area contributed by atoms with Crippen molar-refractivity contribution in [1.82, 2.24) is 9.97 Å². The summed E-state index contributed by atoms with van der Waals surface area (Å²) >= 11 is 0. The fourth-order valence-corrected chi connectivity index (χ4v) is 10.9. The lowest BCUT2D eigenvalue weighted by Gasteiger charge is -2.18. The number of benzene rings is 12. The van der Waals surface area contributed by atoms with E-state index in [1.165, 1.54) is 81.1 Å². The van der Waals surface area contributed by atoms with Crippen molar-refractivity contribution in [3.05, 3.63) is 231 Å². The SMILES string of the molecule is c1ccc2nc(-c3ccc(-c4cc(-c5ccc6c7ccccc7c7ccccc7c6c5)c5cc(-c6ccc7c8ccccc8c8ccccc8c7c6)c6ccccc6c5n4)cc3)ccc2c1. The quantitative estimate of drug-likeness (QED) is 0.165. The lowest BCUT2D eigenvalue weighted by molar-refractivity contribution is 1.38.